The molecule has 4 nitrogen and oxygen atoms in total. The van der Waals surface area contributed by atoms with Crippen LogP contribution in [-0.4, -0.2) is 25.2 Å². The summed E-state index contributed by atoms with van der Waals surface area (Å²) in [6, 6.07) is 3.95. The summed E-state index contributed by atoms with van der Waals surface area (Å²) < 4.78 is 11.4. The smallest absolute Gasteiger partial charge is 0.344 e. The monoisotopic (exact) mass is 329 g/mol. The third-order valence-electron chi connectivity index (χ3n) is 2.50. The van der Waals surface area contributed by atoms with E-state index < -0.39 is 0 Å². The number of halogens is 1. The summed E-state index contributed by atoms with van der Waals surface area (Å²) in [4.78, 5) is 11.3. The molecule has 106 valence electrons. The summed E-state index contributed by atoms with van der Waals surface area (Å²) in [7, 11) is 0. The maximum Gasteiger partial charge on any atom is 0.344 e. The molecule has 19 heavy (non-hydrogen) atoms. The number of aryl methyl sites for hydroxylation is 1. The molecule has 5 heteroatoms. The van der Waals surface area contributed by atoms with Gasteiger partial charge in [-0.25, -0.2) is 4.79 Å². The largest absolute Gasteiger partial charge is 0.481 e. The number of nitrogens with two attached hydrogens (primary N) is 1. The summed E-state index contributed by atoms with van der Waals surface area (Å²) in [6.45, 7) is 5.92. The van der Waals surface area contributed by atoms with E-state index >= 15 is 0 Å². The van der Waals surface area contributed by atoms with Crippen LogP contribution >= 0.6 is 15.9 Å². The summed E-state index contributed by atoms with van der Waals surface area (Å²) in [5, 5.41) is 0. The van der Waals surface area contributed by atoms with E-state index in [1.807, 2.05) is 26.0 Å². The first-order valence-corrected chi connectivity index (χ1v) is 7.06. The number of benzene rings is 1. The minimum atomic E-state index is -0.364. The lowest BCUT2D eigenvalue weighted by Gasteiger charge is -2.16. The Hall–Kier alpha value is -1.07. The number of hydrogen-bond acceptors (Lipinski definition) is 4. The van der Waals surface area contributed by atoms with Crippen molar-refractivity contribution in [2.75, 3.05) is 13.2 Å². The number of carbonyl (C=O) groups is 1. The van der Waals surface area contributed by atoms with E-state index in [1.165, 1.54) is 0 Å². The topological polar surface area (TPSA) is 61.5 Å². The fourth-order valence-corrected chi connectivity index (χ4v) is 2.46. The van der Waals surface area contributed by atoms with Crippen LogP contribution in [0.15, 0.2) is 16.6 Å². The average molecular weight is 330 g/mol. The SMILES string of the molecule is CCOC(=O)COc1c(C)cc(Br)cc1CC(C)N. The van der Waals surface area contributed by atoms with Gasteiger partial charge in [0.15, 0.2) is 6.61 Å². The minimum Gasteiger partial charge on any atom is -0.481 e. The van der Waals surface area contributed by atoms with Gasteiger partial charge < -0.3 is 15.2 Å². The fraction of sp³-hybridized carbons (Fsp3) is 0.500. The molecular formula is C14H20BrNO3. The van der Waals surface area contributed by atoms with Crippen LogP contribution in [0.5, 0.6) is 5.75 Å². The molecule has 0 aromatic heterocycles. The van der Waals surface area contributed by atoms with Gasteiger partial charge in [-0.15, -0.1) is 0 Å². The van der Waals surface area contributed by atoms with E-state index in [9.17, 15) is 4.79 Å². The maximum absolute atomic E-state index is 11.3. The Balaban J connectivity index is 2.88. The molecule has 0 aliphatic heterocycles. The van der Waals surface area contributed by atoms with Crippen LogP contribution in [0.4, 0.5) is 0 Å². The van der Waals surface area contributed by atoms with Gasteiger partial charge in [-0.3, -0.25) is 0 Å². The first-order chi connectivity index (χ1) is 8.93. The first kappa shape index (κ1) is 16.0. The van der Waals surface area contributed by atoms with Crippen molar-refractivity contribution < 1.29 is 14.3 Å². The molecule has 1 rings (SSSR count). The van der Waals surface area contributed by atoms with Gasteiger partial charge in [0, 0.05) is 10.5 Å². The Kier molecular flexibility index (Phi) is 6.31. The Morgan fingerprint density at radius 1 is 1.47 bits per heavy atom. The van der Waals surface area contributed by atoms with Crippen molar-refractivity contribution in [2.45, 2.75) is 33.2 Å². The first-order valence-electron chi connectivity index (χ1n) is 6.27. The second-order valence-electron chi connectivity index (χ2n) is 4.49. The van der Waals surface area contributed by atoms with Crippen LogP contribution in [0.25, 0.3) is 0 Å². The highest BCUT2D eigenvalue weighted by Crippen LogP contribution is 2.29. The third-order valence-corrected chi connectivity index (χ3v) is 2.96. The van der Waals surface area contributed by atoms with E-state index in [0.29, 0.717) is 18.8 Å². The van der Waals surface area contributed by atoms with Crippen molar-refractivity contribution in [1.82, 2.24) is 0 Å². The molecule has 0 aliphatic carbocycles. The minimum absolute atomic E-state index is 0.0265. The van der Waals surface area contributed by atoms with Crippen LogP contribution in [0, 0.1) is 6.92 Å². The van der Waals surface area contributed by atoms with Crippen LogP contribution in [0.1, 0.15) is 25.0 Å². The lowest BCUT2D eigenvalue weighted by atomic mass is 10.0. The summed E-state index contributed by atoms with van der Waals surface area (Å²) >= 11 is 3.45. The van der Waals surface area contributed by atoms with Crippen LogP contribution < -0.4 is 10.5 Å². The highest BCUT2D eigenvalue weighted by Gasteiger charge is 2.13. The predicted molar refractivity (Wildman–Crippen MR) is 78.4 cm³/mol. The molecule has 0 saturated heterocycles. The van der Waals surface area contributed by atoms with Crippen LogP contribution in [0.3, 0.4) is 0 Å². The zero-order valence-electron chi connectivity index (χ0n) is 11.5. The van der Waals surface area contributed by atoms with Crippen molar-refractivity contribution in [3.8, 4) is 5.75 Å². The lowest BCUT2D eigenvalue weighted by Crippen LogP contribution is -2.20. The van der Waals surface area contributed by atoms with E-state index in [-0.39, 0.29) is 18.6 Å². The van der Waals surface area contributed by atoms with Gasteiger partial charge in [-0.05, 0) is 50.5 Å². The fourth-order valence-electron chi connectivity index (χ4n) is 1.84. The second-order valence-corrected chi connectivity index (χ2v) is 5.40. The van der Waals surface area contributed by atoms with E-state index in [0.717, 1.165) is 15.6 Å². The number of hydrogen-bond donors (Lipinski definition) is 1. The zero-order chi connectivity index (χ0) is 14.4. The quantitative estimate of drug-likeness (QED) is 0.815. The summed E-state index contributed by atoms with van der Waals surface area (Å²) in [5.74, 6) is 0.352. The van der Waals surface area contributed by atoms with Gasteiger partial charge in [-0.1, -0.05) is 15.9 Å². The second kappa shape index (κ2) is 7.50. The van der Waals surface area contributed by atoms with Gasteiger partial charge in [0.05, 0.1) is 6.61 Å². The van der Waals surface area contributed by atoms with Gasteiger partial charge in [0.1, 0.15) is 5.75 Å². The Morgan fingerprint density at radius 2 is 2.16 bits per heavy atom. The molecule has 0 aliphatic rings. The predicted octanol–water partition coefficient (Wildman–Crippen LogP) is 2.59. The molecule has 0 fully saturated rings. The number of carbonyl (C=O) groups excluding carboxylic acids is 1. The highest BCUT2D eigenvalue weighted by molar-refractivity contribution is 9.10. The average Bonchev–Trinajstić information content (AvgIpc) is 2.27. The lowest BCUT2D eigenvalue weighted by molar-refractivity contribution is -0.145. The van der Waals surface area contributed by atoms with Gasteiger partial charge in [-0.2, -0.15) is 0 Å². The molecular weight excluding hydrogens is 310 g/mol. The van der Waals surface area contributed by atoms with Crippen LogP contribution in [0.2, 0.25) is 0 Å². The van der Waals surface area contributed by atoms with Crippen molar-refractivity contribution >= 4 is 21.9 Å². The molecule has 0 bridgehead atoms. The van der Waals surface area contributed by atoms with Gasteiger partial charge >= 0.3 is 5.97 Å². The molecule has 1 atom stereocenters. The molecule has 0 saturated carbocycles. The standard InChI is InChI=1S/C14H20BrNO3/c1-4-18-13(17)8-19-14-9(2)5-12(15)7-11(14)6-10(3)16/h5,7,10H,4,6,8,16H2,1-3H3. The Bertz CT molecular complexity index is 447. The van der Waals surface area contributed by atoms with Gasteiger partial charge in [0.25, 0.3) is 0 Å². The molecule has 0 amide bonds. The molecule has 2 N–H and O–H groups in total. The van der Waals surface area contributed by atoms with E-state index in [1.54, 1.807) is 6.92 Å². The van der Waals surface area contributed by atoms with E-state index in [4.69, 9.17) is 15.2 Å². The molecule has 0 spiro atoms. The molecule has 1 unspecified atom stereocenters. The number of esters is 1. The van der Waals surface area contributed by atoms with Crippen molar-refractivity contribution in [3.63, 3.8) is 0 Å². The molecule has 1 aromatic carbocycles. The van der Waals surface area contributed by atoms with Crippen LogP contribution in [-0.2, 0) is 16.0 Å². The van der Waals surface area contributed by atoms with E-state index in [2.05, 4.69) is 15.9 Å². The molecule has 1 aromatic rings. The normalized spacial score (nSPS) is 12.1. The molecule has 0 heterocycles. The van der Waals surface area contributed by atoms with Gasteiger partial charge in [0.2, 0.25) is 0 Å². The third kappa shape index (κ3) is 5.20. The molecule has 0 radical (unpaired) electrons. The van der Waals surface area contributed by atoms with Crippen molar-refractivity contribution in [2.24, 2.45) is 5.73 Å². The summed E-state index contributed by atoms with van der Waals surface area (Å²) in [5.41, 5.74) is 7.79. The summed E-state index contributed by atoms with van der Waals surface area (Å²) in [6.07, 6.45) is 0.693. The number of rotatable bonds is 6. The zero-order valence-corrected chi connectivity index (χ0v) is 13.1. The Labute approximate surface area is 122 Å². The highest BCUT2D eigenvalue weighted by atomic mass is 79.9. The van der Waals surface area contributed by atoms with Crippen molar-refractivity contribution in [1.29, 1.82) is 0 Å². The number of ether oxygens (including phenoxy) is 2. The Morgan fingerprint density at radius 3 is 2.74 bits per heavy atom. The van der Waals surface area contributed by atoms with Crippen molar-refractivity contribution in [3.05, 3.63) is 27.7 Å². The maximum atomic E-state index is 11.3.